The first-order valence-corrected chi connectivity index (χ1v) is 8.87. The molecule has 0 spiro atoms. The Balaban J connectivity index is 1.74. The van der Waals surface area contributed by atoms with Crippen LogP contribution in [-0.2, 0) is 0 Å². The lowest BCUT2D eigenvalue weighted by molar-refractivity contribution is 0.308. The van der Waals surface area contributed by atoms with Gasteiger partial charge in [-0.25, -0.2) is 4.39 Å². The maximum atomic E-state index is 14.0. The summed E-state index contributed by atoms with van der Waals surface area (Å²) in [6, 6.07) is 10.4. The van der Waals surface area contributed by atoms with Gasteiger partial charge in [-0.1, -0.05) is 44.0 Å². The number of rotatable bonds is 4. The molecule has 2 aromatic rings. The number of benzene rings is 2. The standard InChI is InChI=1S/C21H24F2O/c1-2-3-14-4-6-15(7-5-14)16-8-10-17(11-9-16)18-12-13-19(24)21(23)20(18)22/h8-15,24H,2-7H2,1H3. The summed E-state index contributed by atoms with van der Waals surface area (Å²) in [4.78, 5) is 0. The van der Waals surface area contributed by atoms with Gasteiger partial charge in [0.2, 0.25) is 5.82 Å². The van der Waals surface area contributed by atoms with E-state index in [0.29, 0.717) is 11.5 Å². The summed E-state index contributed by atoms with van der Waals surface area (Å²) in [7, 11) is 0. The number of halogens is 2. The predicted octanol–water partition coefficient (Wildman–Crippen LogP) is 6.41. The average Bonchev–Trinajstić information content (AvgIpc) is 2.61. The first-order valence-electron chi connectivity index (χ1n) is 8.87. The number of phenols is 1. The van der Waals surface area contributed by atoms with Crippen LogP contribution >= 0.6 is 0 Å². The second kappa shape index (κ2) is 7.33. The van der Waals surface area contributed by atoms with Crippen LogP contribution in [0.15, 0.2) is 36.4 Å². The van der Waals surface area contributed by atoms with Crippen molar-refractivity contribution in [3.8, 4) is 16.9 Å². The van der Waals surface area contributed by atoms with Crippen LogP contribution in [-0.4, -0.2) is 5.11 Å². The van der Waals surface area contributed by atoms with E-state index in [9.17, 15) is 13.9 Å². The van der Waals surface area contributed by atoms with Crippen molar-refractivity contribution < 1.29 is 13.9 Å². The van der Waals surface area contributed by atoms with Gasteiger partial charge in [0.25, 0.3) is 0 Å². The van der Waals surface area contributed by atoms with Crippen molar-refractivity contribution >= 4 is 0 Å². The van der Waals surface area contributed by atoms with E-state index < -0.39 is 17.4 Å². The Bertz CT molecular complexity index is 686. The van der Waals surface area contributed by atoms with Crippen LogP contribution in [0.1, 0.15) is 56.9 Å². The number of hydrogen-bond acceptors (Lipinski definition) is 1. The first-order chi connectivity index (χ1) is 11.6. The Morgan fingerprint density at radius 2 is 1.58 bits per heavy atom. The van der Waals surface area contributed by atoms with Gasteiger partial charge in [0.15, 0.2) is 11.6 Å². The zero-order valence-electron chi connectivity index (χ0n) is 14.1. The Labute approximate surface area is 142 Å². The van der Waals surface area contributed by atoms with E-state index in [0.717, 1.165) is 5.92 Å². The van der Waals surface area contributed by atoms with Crippen molar-refractivity contribution in [3.63, 3.8) is 0 Å². The molecule has 0 saturated heterocycles. The minimum absolute atomic E-state index is 0.184. The zero-order valence-corrected chi connectivity index (χ0v) is 14.1. The Morgan fingerprint density at radius 3 is 2.21 bits per heavy atom. The van der Waals surface area contributed by atoms with Crippen LogP contribution in [0.5, 0.6) is 5.75 Å². The summed E-state index contributed by atoms with van der Waals surface area (Å²) < 4.78 is 27.5. The van der Waals surface area contributed by atoms with Crippen molar-refractivity contribution in [3.05, 3.63) is 53.6 Å². The highest BCUT2D eigenvalue weighted by molar-refractivity contribution is 5.65. The molecule has 1 saturated carbocycles. The highest BCUT2D eigenvalue weighted by Crippen LogP contribution is 2.38. The van der Waals surface area contributed by atoms with E-state index in [-0.39, 0.29) is 5.56 Å². The average molecular weight is 330 g/mol. The summed E-state index contributed by atoms with van der Waals surface area (Å²) in [6.07, 6.45) is 7.60. The predicted molar refractivity (Wildman–Crippen MR) is 93.1 cm³/mol. The van der Waals surface area contributed by atoms with E-state index >= 15 is 0 Å². The fraction of sp³-hybridized carbons (Fsp3) is 0.429. The van der Waals surface area contributed by atoms with Gasteiger partial charge >= 0.3 is 0 Å². The molecule has 0 radical (unpaired) electrons. The van der Waals surface area contributed by atoms with Crippen LogP contribution < -0.4 is 0 Å². The Hall–Kier alpha value is -1.90. The van der Waals surface area contributed by atoms with Crippen molar-refractivity contribution in [2.24, 2.45) is 5.92 Å². The molecule has 0 aromatic heterocycles. The van der Waals surface area contributed by atoms with E-state index in [1.54, 1.807) is 0 Å². The maximum absolute atomic E-state index is 14.0. The largest absolute Gasteiger partial charge is 0.505 e. The third kappa shape index (κ3) is 3.45. The Kier molecular flexibility index (Phi) is 5.17. The molecule has 3 heteroatoms. The molecule has 0 unspecified atom stereocenters. The fourth-order valence-electron chi connectivity index (χ4n) is 3.89. The molecule has 1 aliphatic carbocycles. The third-order valence-electron chi connectivity index (χ3n) is 5.30. The fourth-order valence-corrected chi connectivity index (χ4v) is 3.89. The molecule has 0 atom stereocenters. The van der Waals surface area contributed by atoms with Gasteiger partial charge in [-0.15, -0.1) is 0 Å². The number of hydrogen-bond donors (Lipinski definition) is 1. The highest BCUT2D eigenvalue weighted by atomic mass is 19.2. The first kappa shape index (κ1) is 16.9. The van der Waals surface area contributed by atoms with Gasteiger partial charge < -0.3 is 5.11 Å². The molecule has 1 nitrogen and oxygen atoms in total. The van der Waals surface area contributed by atoms with Crippen molar-refractivity contribution in [2.45, 2.75) is 51.4 Å². The molecule has 0 amide bonds. The molecule has 3 rings (SSSR count). The van der Waals surface area contributed by atoms with Crippen LogP contribution in [0.2, 0.25) is 0 Å². The molecular formula is C21H24F2O. The van der Waals surface area contributed by atoms with Crippen LogP contribution in [0.3, 0.4) is 0 Å². The zero-order chi connectivity index (χ0) is 17.1. The lowest BCUT2D eigenvalue weighted by Gasteiger charge is -2.28. The molecule has 128 valence electrons. The second-order valence-corrected chi connectivity index (χ2v) is 6.89. The van der Waals surface area contributed by atoms with Gasteiger partial charge in [-0.3, -0.25) is 0 Å². The van der Waals surface area contributed by atoms with Crippen molar-refractivity contribution in [2.75, 3.05) is 0 Å². The lowest BCUT2D eigenvalue weighted by Crippen LogP contribution is -2.13. The summed E-state index contributed by atoms with van der Waals surface area (Å²) in [6.45, 7) is 2.25. The van der Waals surface area contributed by atoms with Gasteiger partial charge in [-0.2, -0.15) is 4.39 Å². The monoisotopic (exact) mass is 330 g/mol. The highest BCUT2D eigenvalue weighted by Gasteiger charge is 2.22. The van der Waals surface area contributed by atoms with E-state index in [2.05, 4.69) is 6.92 Å². The Morgan fingerprint density at radius 1 is 0.917 bits per heavy atom. The second-order valence-electron chi connectivity index (χ2n) is 6.89. The molecule has 24 heavy (non-hydrogen) atoms. The molecular weight excluding hydrogens is 306 g/mol. The van der Waals surface area contributed by atoms with Gasteiger partial charge in [0.1, 0.15) is 0 Å². The van der Waals surface area contributed by atoms with Crippen molar-refractivity contribution in [1.29, 1.82) is 0 Å². The van der Waals surface area contributed by atoms with E-state index in [1.807, 2.05) is 24.3 Å². The molecule has 1 fully saturated rings. The molecule has 1 N–H and O–H groups in total. The van der Waals surface area contributed by atoms with Gasteiger partial charge in [-0.05, 0) is 60.8 Å². The molecule has 1 aliphatic rings. The molecule has 0 aliphatic heterocycles. The molecule has 0 heterocycles. The van der Waals surface area contributed by atoms with Crippen LogP contribution in [0.25, 0.3) is 11.1 Å². The van der Waals surface area contributed by atoms with Crippen molar-refractivity contribution in [1.82, 2.24) is 0 Å². The summed E-state index contributed by atoms with van der Waals surface area (Å²) in [5.41, 5.74) is 2.10. The third-order valence-corrected chi connectivity index (χ3v) is 5.30. The summed E-state index contributed by atoms with van der Waals surface area (Å²) in [5.74, 6) is -1.39. The smallest absolute Gasteiger partial charge is 0.200 e. The minimum atomic E-state index is -1.19. The minimum Gasteiger partial charge on any atom is -0.505 e. The van der Waals surface area contributed by atoms with E-state index in [1.165, 1.54) is 56.2 Å². The van der Waals surface area contributed by atoms with Gasteiger partial charge in [0.05, 0.1) is 0 Å². The van der Waals surface area contributed by atoms with E-state index in [4.69, 9.17) is 0 Å². The molecule has 2 aromatic carbocycles. The maximum Gasteiger partial charge on any atom is 0.200 e. The normalized spacial score (nSPS) is 21.0. The number of aromatic hydroxyl groups is 1. The number of phenolic OH excluding ortho intramolecular Hbond substituents is 1. The van der Waals surface area contributed by atoms with Gasteiger partial charge in [0, 0.05) is 5.56 Å². The van der Waals surface area contributed by atoms with Crippen LogP contribution in [0.4, 0.5) is 8.78 Å². The SMILES string of the molecule is CCCC1CCC(c2ccc(-c3ccc(O)c(F)c3F)cc2)CC1. The quantitative estimate of drug-likeness (QED) is 0.686. The topological polar surface area (TPSA) is 20.2 Å². The summed E-state index contributed by atoms with van der Waals surface area (Å²) >= 11 is 0. The summed E-state index contributed by atoms with van der Waals surface area (Å²) in [5, 5.41) is 9.23. The van der Waals surface area contributed by atoms with Crippen LogP contribution in [0, 0.1) is 17.6 Å². The lowest BCUT2D eigenvalue weighted by atomic mass is 9.77. The molecule has 0 bridgehead atoms.